The van der Waals surface area contributed by atoms with Crippen molar-refractivity contribution < 1.29 is 22.7 Å². The molecule has 0 aliphatic carbocycles. The first kappa shape index (κ1) is 19.6. The van der Waals surface area contributed by atoms with Crippen molar-refractivity contribution in [2.45, 2.75) is 17.9 Å². The lowest BCUT2D eigenvalue weighted by Crippen LogP contribution is -2.50. The van der Waals surface area contributed by atoms with Crippen molar-refractivity contribution in [3.05, 3.63) is 53.6 Å². The first-order valence-electron chi connectivity index (χ1n) is 9.94. The number of nitrogens with one attached hydrogen (secondary N) is 1. The van der Waals surface area contributed by atoms with Gasteiger partial charge in [-0.1, -0.05) is 18.2 Å². The zero-order chi connectivity index (χ0) is 21.8. The molecular formula is C21H20N4O5S. The van der Waals surface area contributed by atoms with E-state index in [1.54, 1.807) is 54.3 Å². The van der Waals surface area contributed by atoms with Crippen LogP contribution < -0.4 is 10.1 Å². The molecule has 10 heteroatoms. The van der Waals surface area contributed by atoms with Crippen LogP contribution in [-0.4, -0.2) is 68.2 Å². The van der Waals surface area contributed by atoms with Crippen molar-refractivity contribution in [1.29, 1.82) is 0 Å². The number of ether oxygens (including phenoxy) is 1. The summed E-state index contributed by atoms with van der Waals surface area (Å²) >= 11 is 0. The van der Waals surface area contributed by atoms with Crippen molar-refractivity contribution >= 4 is 33.4 Å². The van der Waals surface area contributed by atoms with Gasteiger partial charge < -0.3 is 19.9 Å². The molecule has 2 aromatic rings. The molecule has 0 saturated carbocycles. The summed E-state index contributed by atoms with van der Waals surface area (Å²) in [7, 11) is -3.68. The molecule has 3 aliphatic heterocycles. The van der Waals surface area contributed by atoms with Crippen LogP contribution in [0.15, 0.2) is 51.8 Å². The van der Waals surface area contributed by atoms with E-state index in [9.17, 15) is 18.0 Å². The summed E-state index contributed by atoms with van der Waals surface area (Å²) in [5, 5.41) is 2.75. The van der Waals surface area contributed by atoms with Gasteiger partial charge in [-0.3, -0.25) is 9.59 Å². The van der Waals surface area contributed by atoms with Crippen molar-refractivity contribution in [3.63, 3.8) is 0 Å². The number of hydrogen-bond acceptors (Lipinski definition) is 6. The molecule has 0 bridgehead atoms. The zero-order valence-corrected chi connectivity index (χ0v) is 17.6. The Bertz CT molecular complexity index is 1230. The van der Waals surface area contributed by atoms with Crippen LogP contribution in [0.4, 0.5) is 5.69 Å². The summed E-state index contributed by atoms with van der Waals surface area (Å²) in [6.45, 7) is 3.36. The summed E-state index contributed by atoms with van der Waals surface area (Å²) in [4.78, 5) is 28.8. The van der Waals surface area contributed by atoms with E-state index in [-0.39, 0.29) is 16.7 Å². The number of rotatable bonds is 1. The van der Waals surface area contributed by atoms with Crippen LogP contribution in [0.3, 0.4) is 0 Å². The van der Waals surface area contributed by atoms with Gasteiger partial charge in [0, 0.05) is 31.7 Å². The molecule has 3 aliphatic rings. The highest BCUT2D eigenvalue weighted by molar-refractivity contribution is 7.90. The molecule has 1 N–H and O–H groups in total. The normalized spacial score (nSPS) is 21.5. The van der Waals surface area contributed by atoms with E-state index in [0.717, 1.165) is 0 Å². The Morgan fingerprint density at radius 2 is 1.84 bits per heavy atom. The van der Waals surface area contributed by atoms with Gasteiger partial charge in [0.2, 0.25) is 0 Å². The summed E-state index contributed by atoms with van der Waals surface area (Å²) in [5.74, 6) is 0.362. The molecule has 2 aromatic carbocycles. The zero-order valence-electron chi connectivity index (χ0n) is 16.7. The van der Waals surface area contributed by atoms with E-state index in [2.05, 4.69) is 9.71 Å². The fraction of sp³-hybridized carbons (Fsp3) is 0.286. The second kappa shape index (κ2) is 7.09. The fourth-order valence-electron chi connectivity index (χ4n) is 4.00. The van der Waals surface area contributed by atoms with E-state index in [0.29, 0.717) is 54.6 Å². The van der Waals surface area contributed by atoms with Gasteiger partial charge in [0.15, 0.2) is 17.7 Å². The van der Waals surface area contributed by atoms with Crippen molar-refractivity contribution in [3.8, 4) is 5.75 Å². The van der Waals surface area contributed by atoms with Gasteiger partial charge in [-0.25, -0.2) is 0 Å². The number of nitrogens with zero attached hydrogens (tertiary/aromatic N) is 3. The lowest BCUT2D eigenvalue weighted by Gasteiger charge is -2.36. The number of piperazine rings is 1. The molecule has 0 spiro atoms. The number of carbonyl (C=O) groups excluding carboxylic acids is 2. The van der Waals surface area contributed by atoms with Crippen LogP contribution in [0.1, 0.15) is 22.8 Å². The summed E-state index contributed by atoms with van der Waals surface area (Å²) in [6, 6.07) is 11.9. The minimum absolute atomic E-state index is 0.193. The van der Waals surface area contributed by atoms with Crippen molar-refractivity contribution in [2.24, 2.45) is 4.40 Å². The predicted molar refractivity (Wildman–Crippen MR) is 113 cm³/mol. The van der Waals surface area contributed by atoms with Crippen LogP contribution in [0.5, 0.6) is 5.75 Å². The molecule has 1 atom stereocenters. The molecule has 2 amide bonds. The number of benzene rings is 2. The standard InChI is InChI=1S/C21H20N4O5S/c1-13-20(26)22-16-7-4-6-15(18(16)30-13)21(27)25-11-9-24(10-12-25)19-14-5-2-3-8-17(14)31(28,29)23-19/h2-8,13H,9-12H2,1H3,(H,22,26). The molecule has 1 fully saturated rings. The molecule has 0 radical (unpaired) electrons. The first-order valence-corrected chi connectivity index (χ1v) is 11.4. The fourth-order valence-corrected chi connectivity index (χ4v) is 5.23. The average molecular weight is 440 g/mol. The highest BCUT2D eigenvalue weighted by Gasteiger charge is 2.35. The Labute approximate surface area is 179 Å². The van der Waals surface area contributed by atoms with E-state index >= 15 is 0 Å². The predicted octanol–water partition coefficient (Wildman–Crippen LogP) is 1.31. The third-order valence-electron chi connectivity index (χ3n) is 5.65. The molecule has 1 unspecified atom stereocenters. The second-order valence-electron chi connectivity index (χ2n) is 7.60. The number of para-hydroxylation sites is 1. The summed E-state index contributed by atoms with van der Waals surface area (Å²) in [6.07, 6.45) is -0.680. The van der Waals surface area contributed by atoms with Gasteiger partial charge in [0.25, 0.3) is 21.8 Å². The molecule has 1 saturated heterocycles. The largest absolute Gasteiger partial charge is 0.478 e. The molecule has 3 heterocycles. The Morgan fingerprint density at radius 1 is 1.10 bits per heavy atom. The Balaban J connectivity index is 1.34. The van der Waals surface area contributed by atoms with Crippen LogP contribution in [0, 0.1) is 0 Å². The monoisotopic (exact) mass is 440 g/mol. The van der Waals surface area contributed by atoms with E-state index in [4.69, 9.17) is 4.74 Å². The number of amides is 2. The third-order valence-corrected chi connectivity index (χ3v) is 6.97. The maximum atomic E-state index is 13.2. The maximum absolute atomic E-state index is 13.2. The van der Waals surface area contributed by atoms with Gasteiger partial charge in [-0.2, -0.15) is 8.42 Å². The lowest BCUT2D eigenvalue weighted by molar-refractivity contribution is -0.122. The van der Waals surface area contributed by atoms with Gasteiger partial charge in [0.1, 0.15) is 4.90 Å². The van der Waals surface area contributed by atoms with E-state index < -0.39 is 16.1 Å². The molecule has 9 nitrogen and oxygen atoms in total. The number of fused-ring (bicyclic) bond motifs is 2. The highest BCUT2D eigenvalue weighted by atomic mass is 32.2. The van der Waals surface area contributed by atoms with Gasteiger partial charge in [-0.15, -0.1) is 4.40 Å². The highest BCUT2D eigenvalue weighted by Crippen LogP contribution is 2.34. The van der Waals surface area contributed by atoms with Crippen molar-refractivity contribution in [2.75, 3.05) is 31.5 Å². The minimum atomic E-state index is -3.68. The summed E-state index contributed by atoms with van der Waals surface area (Å²) in [5.41, 5.74) is 1.47. The van der Waals surface area contributed by atoms with Crippen LogP contribution in [0.25, 0.3) is 0 Å². The minimum Gasteiger partial charge on any atom is -0.478 e. The maximum Gasteiger partial charge on any atom is 0.285 e. The topological polar surface area (TPSA) is 108 Å². The number of sulfonamides is 1. The number of amidine groups is 1. The number of anilines is 1. The van der Waals surface area contributed by atoms with E-state index in [1.807, 2.05) is 4.90 Å². The van der Waals surface area contributed by atoms with Gasteiger partial charge >= 0.3 is 0 Å². The lowest BCUT2D eigenvalue weighted by atomic mass is 10.1. The number of hydrogen-bond donors (Lipinski definition) is 1. The molecular weight excluding hydrogens is 420 g/mol. The molecule has 5 rings (SSSR count). The van der Waals surface area contributed by atoms with Crippen LogP contribution in [0.2, 0.25) is 0 Å². The van der Waals surface area contributed by atoms with Crippen LogP contribution in [-0.2, 0) is 14.8 Å². The number of carbonyl (C=O) groups is 2. The molecule has 31 heavy (non-hydrogen) atoms. The van der Waals surface area contributed by atoms with Crippen molar-refractivity contribution in [1.82, 2.24) is 9.80 Å². The second-order valence-corrected chi connectivity index (χ2v) is 9.17. The quantitative estimate of drug-likeness (QED) is 0.716. The Morgan fingerprint density at radius 3 is 2.61 bits per heavy atom. The first-order chi connectivity index (χ1) is 14.8. The molecule has 160 valence electrons. The van der Waals surface area contributed by atoms with Gasteiger partial charge in [-0.05, 0) is 31.2 Å². The smallest absolute Gasteiger partial charge is 0.285 e. The van der Waals surface area contributed by atoms with Gasteiger partial charge in [0.05, 0.1) is 11.3 Å². The van der Waals surface area contributed by atoms with Crippen LogP contribution >= 0.6 is 0 Å². The third kappa shape index (κ3) is 3.23. The summed E-state index contributed by atoms with van der Waals surface area (Å²) < 4.78 is 34.3. The van der Waals surface area contributed by atoms with E-state index in [1.165, 1.54) is 0 Å². The Hall–Kier alpha value is -3.40. The molecule has 0 aromatic heterocycles. The average Bonchev–Trinajstić information content (AvgIpc) is 3.05. The Kier molecular flexibility index (Phi) is 4.47. The SMILES string of the molecule is CC1Oc2c(cccc2C(=O)N2CCN(C3=NS(=O)(=O)c4ccccc43)CC2)NC1=O.